The van der Waals surface area contributed by atoms with Crippen molar-refractivity contribution in [1.29, 1.82) is 0 Å². The Kier molecular flexibility index (Phi) is 11.4. The lowest BCUT2D eigenvalue weighted by molar-refractivity contribution is -0.147. The van der Waals surface area contributed by atoms with E-state index in [0.717, 1.165) is 14.9 Å². The monoisotopic (exact) mass is 683 g/mol. The number of esters is 1. The molecule has 2 heterocycles. The maximum atomic E-state index is 13.7. The number of benzene rings is 2. The molecule has 1 unspecified atom stereocenters. The summed E-state index contributed by atoms with van der Waals surface area (Å²) < 4.78 is 48.9. The van der Waals surface area contributed by atoms with Crippen LogP contribution < -0.4 is 16.0 Å². The van der Waals surface area contributed by atoms with Crippen molar-refractivity contribution in [3.8, 4) is 11.5 Å². The predicted molar refractivity (Wildman–Crippen MR) is 181 cm³/mol. The molecule has 4 aromatic rings. The molecule has 0 spiro atoms. The van der Waals surface area contributed by atoms with Gasteiger partial charge in [0, 0.05) is 35.3 Å². The molecular weight excluding hydrogens is 643 g/mol. The fourth-order valence-electron chi connectivity index (χ4n) is 4.74. The summed E-state index contributed by atoms with van der Waals surface area (Å²) in [4.78, 5) is 44.6. The van der Waals surface area contributed by atoms with Gasteiger partial charge in [0.15, 0.2) is 11.2 Å². The van der Waals surface area contributed by atoms with Gasteiger partial charge < -0.3 is 18.8 Å². The molecule has 2 aromatic heterocycles. The van der Waals surface area contributed by atoms with Crippen molar-refractivity contribution in [2.24, 2.45) is 7.05 Å². The van der Waals surface area contributed by atoms with E-state index in [9.17, 15) is 22.8 Å². The van der Waals surface area contributed by atoms with E-state index in [4.69, 9.17) is 14.2 Å². The van der Waals surface area contributed by atoms with Crippen molar-refractivity contribution >= 4 is 35.2 Å². The smallest absolute Gasteiger partial charge is 0.334 e. The minimum Gasteiger partial charge on any atom is -0.460 e. The van der Waals surface area contributed by atoms with Gasteiger partial charge in [-0.05, 0) is 48.9 Å². The number of hydrogen-bond donors (Lipinski definition) is 0. The van der Waals surface area contributed by atoms with Gasteiger partial charge in [0.25, 0.3) is 5.56 Å². The number of rotatable bonds is 16. The number of sulfonamides is 1. The third-order valence-electron chi connectivity index (χ3n) is 7.46. The summed E-state index contributed by atoms with van der Waals surface area (Å²) in [6.45, 7) is 10.1. The lowest BCUT2D eigenvalue weighted by Crippen LogP contribution is -2.46. The van der Waals surface area contributed by atoms with Crippen LogP contribution in [0.3, 0.4) is 0 Å². The van der Waals surface area contributed by atoms with Gasteiger partial charge in [-0.25, -0.2) is 18.2 Å². The molecule has 0 bridgehead atoms. The van der Waals surface area contributed by atoms with Gasteiger partial charge in [0.2, 0.25) is 10.0 Å². The van der Waals surface area contributed by atoms with Crippen molar-refractivity contribution in [3.05, 3.63) is 94.4 Å². The van der Waals surface area contributed by atoms with Gasteiger partial charge >= 0.3 is 11.7 Å². The van der Waals surface area contributed by atoms with Crippen molar-refractivity contribution in [1.82, 2.24) is 23.0 Å². The zero-order valence-corrected chi connectivity index (χ0v) is 29.1. The van der Waals surface area contributed by atoms with Crippen LogP contribution in [-0.2, 0) is 44.6 Å². The van der Waals surface area contributed by atoms with Gasteiger partial charge in [0.1, 0.15) is 30.9 Å². The van der Waals surface area contributed by atoms with Gasteiger partial charge in [0.05, 0.1) is 11.2 Å². The fourth-order valence-corrected chi connectivity index (χ4v) is 6.83. The van der Waals surface area contributed by atoms with Gasteiger partial charge in [-0.2, -0.15) is 4.31 Å². The average Bonchev–Trinajstić information content (AvgIpc) is 3.42. The molecule has 0 saturated carbocycles. The van der Waals surface area contributed by atoms with E-state index >= 15 is 0 Å². The first-order valence-corrected chi connectivity index (χ1v) is 20.2. The van der Waals surface area contributed by atoms with Crippen molar-refractivity contribution in [2.45, 2.75) is 56.3 Å². The number of carbonyl (C=O) groups excluding carboxylic acids is 1. The summed E-state index contributed by atoms with van der Waals surface area (Å²) in [5.74, 6) is 0.150. The Hall–Kier alpha value is -4.31. The lowest BCUT2D eigenvalue weighted by atomic mass is 10.2. The molecule has 47 heavy (non-hydrogen) atoms. The SMILES string of the molecule is C=CCOC(=O)C(CCn1c(=O)c2c(ncn2C)n(COCC[Si](C)(C)C)c1=O)N(C)S(=O)(=O)c1ccc(Oc2ccccc2)cc1. The van der Waals surface area contributed by atoms with Crippen molar-refractivity contribution in [2.75, 3.05) is 20.3 Å². The maximum absolute atomic E-state index is 13.7. The molecule has 0 N–H and O–H groups in total. The number of hydrogen-bond acceptors (Lipinski definition) is 9. The van der Waals surface area contributed by atoms with E-state index in [1.165, 1.54) is 52.9 Å². The summed E-state index contributed by atoms with van der Waals surface area (Å²) in [6, 6.07) is 14.3. The van der Waals surface area contributed by atoms with Crippen LogP contribution in [0.25, 0.3) is 11.2 Å². The number of nitrogens with zero attached hydrogens (tertiary/aromatic N) is 5. The molecule has 0 aliphatic rings. The highest BCUT2D eigenvalue weighted by Crippen LogP contribution is 2.25. The highest BCUT2D eigenvalue weighted by atomic mass is 32.2. The average molecular weight is 684 g/mol. The molecule has 1 atom stereocenters. The summed E-state index contributed by atoms with van der Waals surface area (Å²) >= 11 is 0. The molecule has 0 amide bonds. The van der Waals surface area contributed by atoms with E-state index in [1.54, 1.807) is 19.2 Å². The van der Waals surface area contributed by atoms with Crippen LogP contribution in [0.15, 0.2) is 88.1 Å². The van der Waals surface area contributed by atoms with Crippen molar-refractivity contribution < 1.29 is 27.4 Å². The quantitative estimate of drug-likeness (QED) is 0.0745. The highest BCUT2D eigenvalue weighted by Gasteiger charge is 2.34. The Morgan fingerprint density at radius 3 is 2.34 bits per heavy atom. The Labute approximate surface area is 274 Å². The molecule has 13 nitrogen and oxygen atoms in total. The fraction of sp³-hybridized carbons (Fsp3) is 0.375. The number of para-hydroxylation sites is 1. The Morgan fingerprint density at radius 1 is 1.04 bits per heavy atom. The molecule has 0 saturated heterocycles. The summed E-state index contributed by atoms with van der Waals surface area (Å²) in [6.07, 6.45) is 2.55. The number of imidazole rings is 1. The zero-order valence-electron chi connectivity index (χ0n) is 27.3. The molecule has 0 fully saturated rings. The summed E-state index contributed by atoms with van der Waals surface area (Å²) in [5, 5.41) is 0. The van der Waals surface area contributed by atoms with Gasteiger partial charge in [-0.3, -0.25) is 18.7 Å². The normalized spacial score (nSPS) is 12.7. The van der Waals surface area contributed by atoms with E-state index < -0.39 is 41.4 Å². The largest absolute Gasteiger partial charge is 0.460 e. The van der Waals surface area contributed by atoms with Crippen LogP contribution in [-0.4, -0.2) is 71.8 Å². The second-order valence-corrected chi connectivity index (χ2v) is 19.8. The van der Waals surface area contributed by atoms with E-state index in [2.05, 4.69) is 31.2 Å². The second kappa shape index (κ2) is 15.1. The Bertz CT molecular complexity index is 1930. The van der Waals surface area contributed by atoms with Crippen LogP contribution in [0, 0.1) is 0 Å². The van der Waals surface area contributed by atoms with Crippen LogP contribution in [0.1, 0.15) is 6.42 Å². The van der Waals surface area contributed by atoms with Crippen molar-refractivity contribution in [3.63, 3.8) is 0 Å². The number of aryl methyl sites for hydroxylation is 1. The number of fused-ring (bicyclic) bond motifs is 1. The van der Waals surface area contributed by atoms with E-state index in [-0.39, 0.29) is 42.4 Å². The minimum absolute atomic E-state index is 0.0896. The zero-order chi connectivity index (χ0) is 34.4. The molecular formula is C32H41N5O8SSi. The topological polar surface area (TPSA) is 144 Å². The van der Waals surface area contributed by atoms with Crippen LogP contribution in [0.2, 0.25) is 25.7 Å². The third-order valence-corrected chi connectivity index (χ3v) is 11.0. The number of carbonyl (C=O) groups is 1. The van der Waals surface area contributed by atoms with E-state index in [0.29, 0.717) is 18.1 Å². The van der Waals surface area contributed by atoms with E-state index in [1.807, 2.05) is 18.2 Å². The first kappa shape index (κ1) is 35.5. The van der Waals surface area contributed by atoms with Gasteiger partial charge in [-0.1, -0.05) is 50.5 Å². The number of likely N-dealkylation sites (N-methyl/N-ethyl adjacent to an activating group) is 1. The van der Waals surface area contributed by atoms with Crippen LogP contribution in [0.5, 0.6) is 11.5 Å². The third kappa shape index (κ3) is 8.54. The first-order valence-electron chi connectivity index (χ1n) is 15.1. The maximum Gasteiger partial charge on any atom is 0.334 e. The molecule has 0 aliphatic carbocycles. The molecule has 0 aliphatic heterocycles. The molecule has 15 heteroatoms. The standard InChI is InChI=1S/C32H41N5O8SSi/c1-7-19-44-31(39)27(35(3)46(41,42)26-15-13-25(14-16-26)45-24-11-9-8-10-12-24)17-18-36-30(38)28-29(33-22-34(28)2)37(32(36)40)23-43-20-21-47(4,5)6/h7-16,22,27H,1,17-21,23H2,2-6H3. The number of aromatic nitrogens is 4. The Balaban J connectivity index is 1.62. The first-order chi connectivity index (χ1) is 22.2. The summed E-state index contributed by atoms with van der Waals surface area (Å²) in [7, 11) is -2.75. The summed E-state index contributed by atoms with van der Waals surface area (Å²) in [5.41, 5.74) is -0.968. The highest BCUT2D eigenvalue weighted by molar-refractivity contribution is 7.89. The van der Waals surface area contributed by atoms with Gasteiger partial charge in [-0.15, -0.1) is 0 Å². The molecule has 252 valence electrons. The number of ether oxygens (including phenoxy) is 3. The van der Waals surface area contributed by atoms with Crippen LogP contribution in [0.4, 0.5) is 0 Å². The van der Waals surface area contributed by atoms with Crippen LogP contribution >= 0.6 is 0 Å². The predicted octanol–water partition coefficient (Wildman–Crippen LogP) is 3.81. The molecule has 4 rings (SSSR count). The minimum atomic E-state index is -4.24. The molecule has 0 radical (unpaired) electrons. The Morgan fingerprint density at radius 2 is 1.70 bits per heavy atom. The molecule has 2 aromatic carbocycles. The second-order valence-electron chi connectivity index (χ2n) is 12.2. The lowest BCUT2D eigenvalue weighted by Gasteiger charge is -2.26.